The van der Waals surface area contributed by atoms with Crippen LogP contribution in [0.5, 0.6) is 5.75 Å². The average Bonchev–Trinajstić information content (AvgIpc) is 2.86. The Labute approximate surface area is 220 Å². The van der Waals surface area contributed by atoms with Gasteiger partial charge in [-0.15, -0.1) is 0 Å². The molecule has 38 heavy (non-hydrogen) atoms. The summed E-state index contributed by atoms with van der Waals surface area (Å²) in [5.41, 5.74) is 1.04. The number of amides is 1. The molecule has 0 radical (unpaired) electrons. The Morgan fingerprint density at radius 1 is 1.21 bits per heavy atom. The Kier molecular flexibility index (Phi) is 7.81. The molecule has 11 heteroatoms. The van der Waals surface area contributed by atoms with E-state index in [2.05, 4.69) is 5.32 Å². The third-order valence-corrected chi connectivity index (χ3v) is 9.00. The lowest BCUT2D eigenvalue weighted by Crippen LogP contribution is -2.39. The molecule has 0 aromatic heterocycles. The molecule has 0 aliphatic carbocycles. The van der Waals surface area contributed by atoms with Gasteiger partial charge in [-0.1, -0.05) is 26.0 Å². The highest BCUT2D eigenvalue weighted by Gasteiger charge is 2.38. The van der Waals surface area contributed by atoms with Gasteiger partial charge >= 0.3 is 6.18 Å². The molecule has 2 aliphatic heterocycles. The van der Waals surface area contributed by atoms with Crippen LogP contribution < -0.4 is 14.4 Å². The summed E-state index contributed by atoms with van der Waals surface area (Å²) in [7, 11) is -3.54. The molecule has 0 spiro atoms. The number of alkyl halides is 3. The van der Waals surface area contributed by atoms with Gasteiger partial charge in [-0.2, -0.15) is 13.2 Å². The molecule has 0 bridgehead atoms. The number of aliphatic hydroxyl groups is 1. The molecule has 2 aliphatic rings. The maximum absolute atomic E-state index is 13.4. The molecule has 0 fully saturated rings. The Morgan fingerprint density at radius 2 is 1.95 bits per heavy atom. The molecule has 0 saturated heterocycles. The van der Waals surface area contributed by atoms with Crippen LogP contribution in [0.2, 0.25) is 0 Å². The molecular formula is C27H31F3N2O5S. The number of carbonyl (C=O) groups excluding carboxylic acids is 1. The fourth-order valence-corrected chi connectivity index (χ4v) is 6.57. The van der Waals surface area contributed by atoms with Crippen LogP contribution in [0.3, 0.4) is 0 Å². The van der Waals surface area contributed by atoms with Crippen molar-refractivity contribution in [2.24, 2.45) is 0 Å². The zero-order valence-corrected chi connectivity index (χ0v) is 22.1. The van der Waals surface area contributed by atoms with Crippen LogP contribution in [0, 0.1) is 0 Å². The standard InChI is InChI=1S/C27H31F3N2O5S/c1-3-26(4-2)17-18(20-10-9-19(27(28,29)30)16-24(20)37-26)15-25(34)31-22-7-5-8-23-21(22)11-14-38(35,36)32(23)12-6-13-33/h5,7-10,15-16,33H,3-4,6,11-14,17H2,1-2H3,(H,31,34). The van der Waals surface area contributed by atoms with E-state index in [0.29, 0.717) is 47.3 Å². The number of rotatable bonds is 7. The zero-order chi connectivity index (χ0) is 27.7. The monoisotopic (exact) mass is 552 g/mol. The van der Waals surface area contributed by atoms with Gasteiger partial charge in [0.2, 0.25) is 15.9 Å². The summed E-state index contributed by atoms with van der Waals surface area (Å²) in [6.07, 6.45) is -1.21. The fourth-order valence-electron chi connectivity index (χ4n) is 5.01. The molecule has 4 rings (SSSR count). The van der Waals surface area contributed by atoms with Crippen molar-refractivity contribution < 1.29 is 36.2 Å². The zero-order valence-electron chi connectivity index (χ0n) is 21.3. The maximum atomic E-state index is 13.4. The molecular weight excluding hydrogens is 521 g/mol. The summed E-state index contributed by atoms with van der Waals surface area (Å²) in [5, 5.41) is 12.0. The minimum absolute atomic E-state index is 0.0932. The molecule has 2 aromatic carbocycles. The first kappa shape index (κ1) is 28.0. The third kappa shape index (κ3) is 5.54. The van der Waals surface area contributed by atoms with Gasteiger partial charge in [-0.25, -0.2) is 8.42 Å². The molecule has 206 valence electrons. The first-order valence-corrected chi connectivity index (χ1v) is 14.2. The number of anilines is 2. The Morgan fingerprint density at radius 3 is 2.61 bits per heavy atom. The lowest BCUT2D eigenvalue weighted by Gasteiger charge is -2.39. The van der Waals surface area contributed by atoms with Gasteiger partial charge in [0.15, 0.2) is 0 Å². The molecule has 2 aromatic rings. The Balaban J connectivity index is 1.68. The van der Waals surface area contributed by atoms with Crippen molar-refractivity contribution in [1.29, 1.82) is 0 Å². The minimum Gasteiger partial charge on any atom is -0.486 e. The van der Waals surface area contributed by atoms with Crippen molar-refractivity contribution in [3.8, 4) is 5.75 Å². The molecule has 7 nitrogen and oxygen atoms in total. The predicted octanol–water partition coefficient (Wildman–Crippen LogP) is 5.14. The number of nitrogens with zero attached hydrogens (tertiary/aromatic N) is 1. The summed E-state index contributed by atoms with van der Waals surface area (Å²) in [4.78, 5) is 13.2. The predicted molar refractivity (Wildman–Crippen MR) is 140 cm³/mol. The van der Waals surface area contributed by atoms with E-state index in [4.69, 9.17) is 4.74 Å². The second-order valence-corrected chi connectivity index (χ2v) is 11.6. The summed E-state index contributed by atoms with van der Waals surface area (Å²) < 4.78 is 72.7. The second kappa shape index (κ2) is 10.6. The minimum atomic E-state index is -4.52. The van der Waals surface area contributed by atoms with E-state index in [1.165, 1.54) is 16.4 Å². The van der Waals surface area contributed by atoms with Gasteiger partial charge in [-0.3, -0.25) is 9.10 Å². The van der Waals surface area contributed by atoms with Gasteiger partial charge in [0.05, 0.1) is 17.0 Å². The number of hydrogen-bond acceptors (Lipinski definition) is 5. The SMILES string of the molecule is CCC1(CC)CC(=CC(=O)Nc2cccc3c2CCS(=O)(=O)N3CCCO)c2ccc(C(F)(F)F)cc2O1. The van der Waals surface area contributed by atoms with Gasteiger partial charge in [0.1, 0.15) is 11.4 Å². The largest absolute Gasteiger partial charge is 0.486 e. The average molecular weight is 553 g/mol. The number of halogens is 3. The fraction of sp³-hybridized carbons (Fsp3) is 0.444. The number of fused-ring (bicyclic) bond motifs is 2. The molecule has 1 amide bonds. The van der Waals surface area contributed by atoms with Crippen LogP contribution in [0.15, 0.2) is 42.5 Å². The van der Waals surface area contributed by atoms with Crippen LogP contribution in [-0.2, 0) is 27.4 Å². The van der Waals surface area contributed by atoms with Crippen molar-refractivity contribution in [1.82, 2.24) is 0 Å². The first-order valence-electron chi connectivity index (χ1n) is 12.6. The van der Waals surface area contributed by atoms with Crippen LogP contribution in [-0.4, -0.2) is 43.9 Å². The van der Waals surface area contributed by atoms with Crippen molar-refractivity contribution in [2.45, 2.75) is 57.7 Å². The Bertz CT molecular complexity index is 1350. The summed E-state index contributed by atoms with van der Waals surface area (Å²) in [6.45, 7) is 3.76. The highest BCUT2D eigenvalue weighted by Crippen LogP contribution is 2.45. The topological polar surface area (TPSA) is 95.9 Å². The highest BCUT2D eigenvalue weighted by molar-refractivity contribution is 7.92. The van der Waals surface area contributed by atoms with Gasteiger partial charge in [0.25, 0.3) is 0 Å². The van der Waals surface area contributed by atoms with Gasteiger partial charge < -0.3 is 15.2 Å². The third-order valence-electron chi connectivity index (χ3n) is 7.23. The van der Waals surface area contributed by atoms with E-state index in [1.54, 1.807) is 18.2 Å². The van der Waals surface area contributed by atoms with E-state index in [0.717, 1.165) is 12.1 Å². The van der Waals surface area contributed by atoms with E-state index in [-0.39, 0.29) is 37.5 Å². The van der Waals surface area contributed by atoms with E-state index >= 15 is 0 Å². The van der Waals surface area contributed by atoms with Crippen molar-refractivity contribution >= 4 is 32.9 Å². The molecule has 2 N–H and O–H groups in total. The van der Waals surface area contributed by atoms with Crippen molar-refractivity contribution in [3.05, 3.63) is 59.2 Å². The quantitative estimate of drug-likeness (QED) is 0.464. The van der Waals surface area contributed by atoms with Crippen molar-refractivity contribution in [3.63, 3.8) is 0 Å². The van der Waals surface area contributed by atoms with Gasteiger partial charge in [0, 0.05) is 42.5 Å². The van der Waals surface area contributed by atoms with E-state index in [9.17, 15) is 31.5 Å². The number of benzene rings is 2. The number of carbonyl (C=O) groups is 1. The summed E-state index contributed by atoms with van der Waals surface area (Å²) in [5.74, 6) is -0.505. The Hall–Kier alpha value is -3.05. The number of sulfonamides is 1. The molecule has 2 heterocycles. The van der Waals surface area contributed by atoms with E-state index in [1.807, 2.05) is 13.8 Å². The second-order valence-electron chi connectivity index (χ2n) is 9.56. The smallest absolute Gasteiger partial charge is 0.416 e. The highest BCUT2D eigenvalue weighted by atomic mass is 32.2. The van der Waals surface area contributed by atoms with E-state index < -0.39 is 33.3 Å². The lowest BCUT2D eigenvalue weighted by molar-refractivity contribution is -0.137. The summed E-state index contributed by atoms with van der Waals surface area (Å²) in [6, 6.07) is 8.30. The number of hydrogen-bond donors (Lipinski definition) is 2. The number of nitrogens with one attached hydrogen (secondary N) is 1. The van der Waals surface area contributed by atoms with Crippen molar-refractivity contribution in [2.75, 3.05) is 28.5 Å². The summed E-state index contributed by atoms with van der Waals surface area (Å²) >= 11 is 0. The lowest BCUT2D eigenvalue weighted by atomic mass is 9.83. The molecule has 0 unspecified atom stereocenters. The van der Waals surface area contributed by atoms with Crippen LogP contribution in [0.4, 0.5) is 24.5 Å². The van der Waals surface area contributed by atoms with Gasteiger partial charge in [-0.05, 0) is 55.5 Å². The maximum Gasteiger partial charge on any atom is 0.416 e. The van der Waals surface area contributed by atoms with Crippen LogP contribution in [0.25, 0.3) is 5.57 Å². The van der Waals surface area contributed by atoms with Crippen LogP contribution >= 0.6 is 0 Å². The first-order chi connectivity index (χ1) is 17.9. The normalized spacial score (nSPS) is 18.9. The number of ether oxygens (including phenoxy) is 1. The van der Waals surface area contributed by atoms with Crippen LogP contribution in [0.1, 0.15) is 56.2 Å². The molecule has 0 atom stereocenters. The number of aliphatic hydroxyl groups excluding tert-OH is 1. The molecule has 0 saturated carbocycles.